The molecule has 0 unspecified atom stereocenters. The van der Waals surface area contributed by atoms with E-state index < -0.39 is 12.0 Å². The molecule has 1 aromatic carbocycles. The fraction of sp³-hybridized carbons (Fsp3) is 0.286. The van der Waals surface area contributed by atoms with Gasteiger partial charge in [-0.05, 0) is 25.5 Å². The van der Waals surface area contributed by atoms with E-state index in [-0.39, 0.29) is 11.0 Å². The predicted octanol–water partition coefficient (Wildman–Crippen LogP) is 4.62. The van der Waals surface area contributed by atoms with Crippen LogP contribution < -0.4 is 4.90 Å². The van der Waals surface area contributed by atoms with E-state index in [0.29, 0.717) is 6.54 Å². The van der Waals surface area contributed by atoms with E-state index in [2.05, 4.69) is 9.97 Å². The largest absolute Gasteiger partial charge is 0.451 e. The molecule has 0 fully saturated rings. The minimum atomic E-state index is -4.63. The van der Waals surface area contributed by atoms with Crippen LogP contribution in [-0.4, -0.2) is 16.5 Å². The predicted molar refractivity (Wildman–Crippen MR) is 75.9 cm³/mol. The zero-order valence-electron chi connectivity index (χ0n) is 11.4. The lowest BCUT2D eigenvalue weighted by Gasteiger charge is -2.24. The smallest absolute Gasteiger partial charge is 0.326 e. The van der Waals surface area contributed by atoms with Gasteiger partial charge in [-0.15, -0.1) is 0 Å². The summed E-state index contributed by atoms with van der Waals surface area (Å²) < 4.78 is 38.4. The monoisotopic (exact) mass is 315 g/mol. The molecule has 2 aromatic rings. The first-order valence-corrected chi connectivity index (χ1v) is 6.65. The van der Waals surface area contributed by atoms with Crippen LogP contribution in [0.2, 0.25) is 5.15 Å². The van der Waals surface area contributed by atoms with Crippen molar-refractivity contribution < 1.29 is 13.2 Å². The van der Waals surface area contributed by atoms with Gasteiger partial charge >= 0.3 is 6.18 Å². The number of hydrogen-bond acceptors (Lipinski definition) is 3. The molecule has 0 amide bonds. The summed E-state index contributed by atoms with van der Waals surface area (Å²) in [6, 6.07) is 8.71. The molecule has 2 rings (SSSR count). The third-order valence-electron chi connectivity index (χ3n) is 2.93. The first-order chi connectivity index (χ1) is 9.82. The van der Waals surface area contributed by atoms with Crippen molar-refractivity contribution in [2.24, 2.45) is 0 Å². The molecule has 0 saturated heterocycles. The van der Waals surface area contributed by atoms with Crippen LogP contribution in [0.4, 0.5) is 24.7 Å². The van der Waals surface area contributed by atoms with Gasteiger partial charge in [-0.3, -0.25) is 0 Å². The third kappa shape index (κ3) is 3.44. The Kier molecular flexibility index (Phi) is 4.37. The second-order valence-electron chi connectivity index (χ2n) is 4.40. The van der Waals surface area contributed by atoms with Crippen molar-refractivity contribution in [3.05, 3.63) is 46.9 Å². The van der Waals surface area contributed by atoms with Crippen molar-refractivity contribution >= 4 is 23.1 Å². The Morgan fingerprint density at radius 2 is 1.86 bits per heavy atom. The normalized spacial score (nSPS) is 11.5. The Morgan fingerprint density at radius 1 is 1.19 bits per heavy atom. The Bertz CT molecular complexity index is 644. The Morgan fingerprint density at radius 3 is 2.43 bits per heavy atom. The van der Waals surface area contributed by atoms with Crippen LogP contribution in [0.25, 0.3) is 0 Å². The van der Waals surface area contributed by atoms with Crippen molar-refractivity contribution in [1.29, 1.82) is 0 Å². The van der Waals surface area contributed by atoms with E-state index in [1.54, 1.807) is 4.90 Å². The SMILES string of the molecule is CCN(c1cc(Cl)nc(C(F)(F)F)n1)c1ccccc1C. The van der Waals surface area contributed by atoms with Crippen molar-refractivity contribution in [2.45, 2.75) is 20.0 Å². The molecule has 1 heterocycles. The van der Waals surface area contributed by atoms with Crippen LogP contribution in [0.1, 0.15) is 18.3 Å². The number of nitrogens with zero attached hydrogens (tertiary/aromatic N) is 3. The lowest BCUT2D eigenvalue weighted by atomic mass is 10.2. The molecule has 21 heavy (non-hydrogen) atoms. The minimum absolute atomic E-state index is 0.124. The third-order valence-corrected chi connectivity index (χ3v) is 3.13. The molecule has 0 radical (unpaired) electrons. The topological polar surface area (TPSA) is 29.0 Å². The molecule has 0 spiro atoms. The standard InChI is InChI=1S/C14H13ClF3N3/c1-3-21(10-7-5-4-6-9(10)2)12-8-11(15)19-13(20-12)14(16,17)18/h4-8H,3H2,1-2H3. The molecule has 0 saturated carbocycles. The molecule has 0 N–H and O–H groups in total. The Labute approximate surface area is 125 Å². The maximum atomic E-state index is 12.8. The highest BCUT2D eigenvalue weighted by Crippen LogP contribution is 2.32. The minimum Gasteiger partial charge on any atom is -0.326 e. The number of para-hydroxylation sites is 1. The highest BCUT2D eigenvalue weighted by Gasteiger charge is 2.35. The summed E-state index contributed by atoms with van der Waals surface area (Å²) in [7, 11) is 0. The number of aromatic nitrogens is 2. The van der Waals surface area contributed by atoms with Gasteiger partial charge in [0.05, 0.1) is 0 Å². The summed E-state index contributed by atoms with van der Waals surface area (Å²) in [5.41, 5.74) is 1.71. The molecular weight excluding hydrogens is 303 g/mol. The molecule has 0 aliphatic carbocycles. The summed E-state index contributed by atoms with van der Waals surface area (Å²) in [5.74, 6) is -1.11. The quantitative estimate of drug-likeness (QED) is 0.774. The maximum absolute atomic E-state index is 12.8. The highest BCUT2D eigenvalue weighted by molar-refractivity contribution is 6.29. The van der Waals surface area contributed by atoms with E-state index in [1.165, 1.54) is 6.07 Å². The number of alkyl halides is 3. The molecule has 0 aliphatic rings. The van der Waals surface area contributed by atoms with Gasteiger partial charge in [0.2, 0.25) is 5.82 Å². The number of aryl methyl sites for hydroxylation is 1. The summed E-state index contributed by atoms with van der Waals surface area (Å²) in [5, 5.41) is -0.237. The zero-order valence-corrected chi connectivity index (χ0v) is 12.2. The lowest BCUT2D eigenvalue weighted by Crippen LogP contribution is -2.21. The summed E-state index contributed by atoms with van der Waals surface area (Å²) in [6.45, 7) is 4.16. The second-order valence-corrected chi connectivity index (χ2v) is 4.79. The van der Waals surface area contributed by atoms with Crippen LogP contribution >= 0.6 is 11.6 Å². The van der Waals surface area contributed by atoms with Crippen molar-refractivity contribution in [1.82, 2.24) is 9.97 Å². The zero-order chi connectivity index (χ0) is 15.6. The summed E-state index contributed by atoms with van der Waals surface area (Å²) in [6.07, 6.45) is -4.63. The van der Waals surface area contributed by atoms with Gasteiger partial charge in [-0.2, -0.15) is 13.2 Å². The Hall–Kier alpha value is -1.82. The number of benzene rings is 1. The van der Waals surface area contributed by atoms with Gasteiger partial charge in [-0.25, -0.2) is 9.97 Å². The fourth-order valence-electron chi connectivity index (χ4n) is 1.99. The maximum Gasteiger partial charge on any atom is 0.451 e. The molecule has 112 valence electrons. The number of halogens is 4. The van der Waals surface area contributed by atoms with E-state index in [9.17, 15) is 13.2 Å². The molecule has 0 atom stereocenters. The highest BCUT2D eigenvalue weighted by atomic mass is 35.5. The van der Waals surface area contributed by atoms with Gasteiger partial charge in [0.1, 0.15) is 11.0 Å². The molecule has 3 nitrogen and oxygen atoms in total. The van der Waals surface area contributed by atoms with Crippen LogP contribution in [-0.2, 0) is 6.18 Å². The van der Waals surface area contributed by atoms with Gasteiger partial charge in [0.15, 0.2) is 0 Å². The number of anilines is 2. The second kappa shape index (κ2) is 5.89. The Balaban J connectivity index is 2.53. The van der Waals surface area contributed by atoms with Crippen LogP contribution in [0.5, 0.6) is 0 Å². The van der Waals surface area contributed by atoms with Crippen LogP contribution in [0.3, 0.4) is 0 Å². The van der Waals surface area contributed by atoms with E-state index >= 15 is 0 Å². The van der Waals surface area contributed by atoms with Crippen LogP contribution in [0, 0.1) is 6.92 Å². The summed E-state index contributed by atoms with van der Waals surface area (Å²) >= 11 is 5.71. The number of rotatable bonds is 3. The van der Waals surface area contributed by atoms with Crippen molar-refractivity contribution in [3.63, 3.8) is 0 Å². The number of hydrogen-bond donors (Lipinski definition) is 0. The van der Waals surface area contributed by atoms with Gasteiger partial charge in [-0.1, -0.05) is 29.8 Å². The molecular formula is C14H13ClF3N3. The van der Waals surface area contributed by atoms with Crippen molar-refractivity contribution in [2.75, 3.05) is 11.4 Å². The average Bonchev–Trinajstić information content (AvgIpc) is 2.40. The van der Waals surface area contributed by atoms with Crippen molar-refractivity contribution in [3.8, 4) is 0 Å². The van der Waals surface area contributed by atoms with E-state index in [1.807, 2.05) is 38.1 Å². The van der Waals surface area contributed by atoms with Gasteiger partial charge < -0.3 is 4.90 Å². The average molecular weight is 316 g/mol. The molecule has 1 aromatic heterocycles. The van der Waals surface area contributed by atoms with E-state index in [0.717, 1.165) is 11.3 Å². The van der Waals surface area contributed by atoms with E-state index in [4.69, 9.17) is 11.6 Å². The van der Waals surface area contributed by atoms with Gasteiger partial charge in [0, 0.05) is 18.3 Å². The molecule has 7 heteroatoms. The molecule has 0 bridgehead atoms. The molecule has 0 aliphatic heterocycles. The van der Waals surface area contributed by atoms with Crippen LogP contribution in [0.15, 0.2) is 30.3 Å². The summed E-state index contributed by atoms with van der Waals surface area (Å²) in [4.78, 5) is 8.50. The van der Waals surface area contributed by atoms with Gasteiger partial charge in [0.25, 0.3) is 0 Å². The lowest BCUT2D eigenvalue weighted by molar-refractivity contribution is -0.144. The fourth-order valence-corrected chi connectivity index (χ4v) is 2.17. The first-order valence-electron chi connectivity index (χ1n) is 6.28. The first kappa shape index (κ1) is 15.6.